The van der Waals surface area contributed by atoms with Crippen LogP contribution in [0.15, 0.2) is 36.4 Å². The van der Waals surface area contributed by atoms with Gasteiger partial charge in [0.1, 0.15) is 0 Å². The molecule has 1 aromatic carbocycles. The Balaban J connectivity index is 1.39. The summed E-state index contributed by atoms with van der Waals surface area (Å²) in [6, 6.07) is 4.90. The molecule has 0 aromatic heterocycles. The molecular weight excluding hydrogens is 361 g/mol. The van der Waals surface area contributed by atoms with Crippen LogP contribution in [0.25, 0.3) is 0 Å². The van der Waals surface area contributed by atoms with Crippen LogP contribution in [0, 0.1) is 11.8 Å². The standard InChI is InChI=1S/C20H25F3O4/c1-2-3-14-10-24-18(25-11-14)9-4-15-12-26-19(27-13-15)16-5-7-17(8-6-16)20(21,22)23/h2-3,5-8,14-15,18-19H,4,9-13H2,1H3/b3-2-. The zero-order valence-electron chi connectivity index (χ0n) is 15.3. The highest BCUT2D eigenvalue weighted by molar-refractivity contribution is 5.25. The van der Waals surface area contributed by atoms with E-state index in [1.807, 2.05) is 13.0 Å². The molecule has 0 amide bonds. The van der Waals surface area contributed by atoms with Crippen LogP contribution in [0.3, 0.4) is 0 Å². The maximum atomic E-state index is 12.6. The van der Waals surface area contributed by atoms with E-state index >= 15 is 0 Å². The van der Waals surface area contributed by atoms with Crippen molar-refractivity contribution in [2.45, 2.75) is 38.5 Å². The lowest BCUT2D eigenvalue weighted by molar-refractivity contribution is -0.217. The van der Waals surface area contributed by atoms with Crippen LogP contribution in [-0.2, 0) is 25.1 Å². The van der Waals surface area contributed by atoms with Crippen molar-refractivity contribution in [1.29, 1.82) is 0 Å². The minimum Gasteiger partial charge on any atom is -0.352 e. The highest BCUT2D eigenvalue weighted by atomic mass is 19.4. The number of allylic oxidation sites excluding steroid dienone is 1. The second-order valence-electron chi connectivity index (χ2n) is 6.94. The van der Waals surface area contributed by atoms with E-state index in [4.69, 9.17) is 18.9 Å². The zero-order valence-corrected chi connectivity index (χ0v) is 15.3. The first-order valence-electron chi connectivity index (χ1n) is 9.22. The third kappa shape index (κ3) is 5.78. The SMILES string of the molecule is C/C=C\C1COC(CCC2COC(c3ccc(C(F)(F)F)cc3)OC2)OC1. The van der Waals surface area contributed by atoms with E-state index in [9.17, 15) is 13.2 Å². The van der Waals surface area contributed by atoms with E-state index < -0.39 is 18.0 Å². The van der Waals surface area contributed by atoms with E-state index in [-0.39, 0.29) is 12.2 Å². The number of ether oxygens (including phenoxy) is 4. The van der Waals surface area contributed by atoms with Gasteiger partial charge in [-0.25, -0.2) is 0 Å². The minimum absolute atomic E-state index is 0.195. The fraction of sp³-hybridized carbons (Fsp3) is 0.600. The van der Waals surface area contributed by atoms with Crippen molar-refractivity contribution in [3.05, 3.63) is 47.5 Å². The van der Waals surface area contributed by atoms with E-state index in [1.54, 1.807) is 0 Å². The summed E-state index contributed by atoms with van der Waals surface area (Å²) in [5.41, 5.74) is -0.0838. The van der Waals surface area contributed by atoms with Crippen molar-refractivity contribution in [3.63, 3.8) is 0 Å². The zero-order chi connectivity index (χ0) is 19.3. The normalized spacial score (nSPS) is 29.9. The molecule has 0 aliphatic carbocycles. The summed E-state index contributed by atoms with van der Waals surface area (Å²) in [4.78, 5) is 0. The van der Waals surface area contributed by atoms with Gasteiger partial charge < -0.3 is 18.9 Å². The maximum Gasteiger partial charge on any atom is 0.416 e. The Labute approximate surface area is 157 Å². The Hall–Kier alpha value is -1.41. The Morgan fingerprint density at radius 3 is 2.11 bits per heavy atom. The van der Waals surface area contributed by atoms with Crippen LogP contribution in [0.1, 0.15) is 37.2 Å². The molecule has 0 unspecified atom stereocenters. The Morgan fingerprint density at radius 2 is 1.56 bits per heavy atom. The Kier molecular flexibility index (Phi) is 6.92. The third-order valence-corrected chi connectivity index (χ3v) is 4.74. The quantitative estimate of drug-likeness (QED) is 0.687. The van der Waals surface area contributed by atoms with Crippen molar-refractivity contribution in [3.8, 4) is 0 Å². The van der Waals surface area contributed by atoms with Crippen LogP contribution < -0.4 is 0 Å². The van der Waals surface area contributed by atoms with Crippen molar-refractivity contribution < 1.29 is 32.1 Å². The van der Waals surface area contributed by atoms with Gasteiger partial charge >= 0.3 is 6.18 Å². The molecule has 1 aromatic rings. The molecule has 7 heteroatoms. The first kappa shape index (κ1) is 20.3. The summed E-state index contributed by atoms with van der Waals surface area (Å²) in [6.45, 7) is 4.32. The smallest absolute Gasteiger partial charge is 0.352 e. The van der Waals surface area contributed by atoms with E-state index in [0.29, 0.717) is 37.9 Å². The van der Waals surface area contributed by atoms with Crippen molar-refractivity contribution in [2.75, 3.05) is 26.4 Å². The lowest BCUT2D eigenvalue weighted by Gasteiger charge is -2.32. The number of alkyl halides is 3. The highest BCUT2D eigenvalue weighted by Gasteiger charge is 2.31. The predicted octanol–water partition coefficient (Wildman–Crippen LogP) is 4.71. The van der Waals surface area contributed by atoms with Gasteiger partial charge in [-0.15, -0.1) is 0 Å². The molecule has 2 aliphatic rings. The van der Waals surface area contributed by atoms with Crippen LogP contribution in [0.5, 0.6) is 0 Å². The molecule has 4 nitrogen and oxygen atoms in total. The molecule has 2 aliphatic heterocycles. The minimum atomic E-state index is -4.34. The molecule has 0 radical (unpaired) electrons. The van der Waals surface area contributed by atoms with Crippen LogP contribution in [0.4, 0.5) is 13.2 Å². The summed E-state index contributed by atoms with van der Waals surface area (Å²) >= 11 is 0. The third-order valence-electron chi connectivity index (χ3n) is 4.74. The molecular formula is C20H25F3O4. The number of hydrogen-bond acceptors (Lipinski definition) is 4. The molecule has 2 fully saturated rings. The second kappa shape index (κ2) is 9.19. The summed E-state index contributed by atoms with van der Waals surface area (Å²) in [6.07, 6.45) is 0.547. The summed E-state index contributed by atoms with van der Waals surface area (Å²) in [5, 5.41) is 0. The molecule has 0 bridgehead atoms. The number of rotatable bonds is 5. The van der Waals surface area contributed by atoms with Gasteiger partial charge in [-0.1, -0.05) is 24.3 Å². The summed E-state index contributed by atoms with van der Waals surface area (Å²) in [5.74, 6) is 0.535. The van der Waals surface area contributed by atoms with Gasteiger partial charge in [-0.3, -0.25) is 0 Å². The van der Waals surface area contributed by atoms with Gasteiger partial charge in [0.15, 0.2) is 12.6 Å². The molecule has 0 spiro atoms. The lowest BCUT2D eigenvalue weighted by Crippen LogP contribution is -2.33. The average molecular weight is 386 g/mol. The van der Waals surface area contributed by atoms with Crippen LogP contribution >= 0.6 is 0 Å². The number of hydrogen-bond donors (Lipinski definition) is 0. The Morgan fingerprint density at radius 1 is 0.926 bits per heavy atom. The fourth-order valence-corrected chi connectivity index (χ4v) is 3.21. The summed E-state index contributed by atoms with van der Waals surface area (Å²) < 4.78 is 60.7. The molecule has 150 valence electrons. The number of halogens is 3. The predicted molar refractivity (Wildman–Crippen MR) is 92.8 cm³/mol. The van der Waals surface area contributed by atoms with Gasteiger partial charge in [-0.05, 0) is 31.9 Å². The largest absolute Gasteiger partial charge is 0.416 e. The van der Waals surface area contributed by atoms with Gasteiger partial charge in [0.2, 0.25) is 0 Å². The highest BCUT2D eigenvalue weighted by Crippen LogP contribution is 2.32. The molecule has 2 saturated heterocycles. The monoisotopic (exact) mass is 386 g/mol. The molecule has 27 heavy (non-hydrogen) atoms. The van der Waals surface area contributed by atoms with Gasteiger partial charge in [0.05, 0.1) is 32.0 Å². The lowest BCUT2D eigenvalue weighted by atomic mass is 10.0. The van der Waals surface area contributed by atoms with Gasteiger partial charge in [0.25, 0.3) is 0 Å². The molecule has 2 heterocycles. The summed E-state index contributed by atoms with van der Waals surface area (Å²) in [7, 11) is 0. The molecule has 0 saturated carbocycles. The number of benzene rings is 1. The van der Waals surface area contributed by atoms with Crippen molar-refractivity contribution >= 4 is 0 Å². The van der Waals surface area contributed by atoms with Crippen molar-refractivity contribution in [1.82, 2.24) is 0 Å². The first-order chi connectivity index (χ1) is 13.0. The van der Waals surface area contributed by atoms with Gasteiger partial charge in [0, 0.05) is 17.4 Å². The fourth-order valence-electron chi connectivity index (χ4n) is 3.21. The van der Waals surface area contributed by atoms with E-state index in [1.165, 1.54) is 12.1 Å². The molecule has 0 atom stereocenters. The van der Waals surface area contributed by atoms with Crippen LogP contribution in [0.2, 0.25) is 0 Å². The Bertz CT molecular complexity index is 599. The van der Waals surface area contributed by atoms with E-state index in [0.717, 1.165) is 25.0 Å². The van der Waals surface area contributed by atoms with E-state index in [2.05, 4.69) is 6.08 Å². The average Bonchev–Trinajstić information content (AvgIpc) is 2.68. The van der Waals surface area contributed by atoms with Gasteiger partial charge in [-0.2, -0.15) is 13.2 Å². The molecule has 3 rings (SSSR count). The van der Waals surface area contributed by atoms with Crippen LogP contribution in [-0.4, -0.2) is 32.7 Å². The first-order valence-corrected chi connectivity index (χ1v) is 9.22. The topological polar surface area (TPSA) is 36.9 Å². The maximum absolute atomic E-state index is 12.6. The second-order valence-corrected chi connectivity index (χ2v) is 6.94. The van der Waals surface area contributed by atoms with Crippen molar-refractivity contribution in [2.24, 2.45) is 11.8 Å². The molecule has 0 N–H and O–H groups in total.